The van der Waals surface area contributed by atoms with E-state index in [1.807, 2.05) is 27.7 Å². The lowest BCUT2D eigenvalue weighted by molar-refractivity contribution is 0.171. The Kier molecular flexibility index (Phi) is 13.6. The van der Waals surface area contributed by atoms with Gasteiger partial charge in [-0.25, -0.2) is 0 Å². The molecule has 0 spiro atoms. The Morgan fingerprint density at radius 2 is 1.89 bits per heavy atom. The molecule has 0 aliphatic carbocycles. The minimum absolute atomic E-state index is 0.705. The Morgan fingerprint density at radius 1 is 1.44 bits per heavy atom. The van der Waals surface area contributed by atoms with E-state index in [4.69, 9.17) is 4.74 Å². The molecule has 0 saturated heterocycles. The van der Waals surface area contributed by atoms with Crippen LogP contribution in [0.4, 0.5) is 0 Å². The molecule has 0 saturated carbocycles. The molecule has 0 aliphatic rings. The quantitative estimate of drug-likeness (QED) is 0.534. The van der Waals surface area contributed by atoms with E-state index in [-0.39, 0.29) is 0 Å². The lowest BCUT2D eigenvalue weighted by atomic mass is 10.4. The summed E-state index contributed by atoms with van der Waals surface area (Å²) in [6.45, 7) is 13.1. The molecule has 1 heteroatoms. The van der Waals surface area contributed by atoms with Crippen LogP contribution in [0.25, 0.3) is 0 Å². The molecule has 0 aliphatic heterocycles. The molecule has 56 valence electrons. The second-order valence-corrected chi connectivity index (χ2v) is 1.59. The first-order chi connectivity index (χ1) is 4.27. The van der Waals surface area contributed by atoms with E-state index < -0.39 is 0 Å². The van der Waals surface area contributed by atoms with Gasteiger partial charge >= 0.3 is 0 Å². The zero-order valence-corrected chi connectivity index (χ0v) is 7.03. The second-order valence-electron chi connectivity index (χ2n) is 1.59. The Balaban J connectivity index is 0. The van der Waals surface area contributed by atoms with Gasteiger partial charge in [0.1, 0.15) is 0 Å². The van der Waals surface area contributed by atoms with E-state index in [0.717, 1.165) is 12.2 Å². The highest BCUT2D eigenvalue weighted by Crippen LogP contribution is 1.85. The van der Waals surface area contributed by atoms with E-state index >= 15 is 0 Å². The van der Waals surface area contributed by atoms with Crippen LogP contribution in [-0.2, 0) is 4.74 Å². The molecule has 0 aromatic heterocycles. The maximum Gasteiger partial charge on any atom is 0.0671 e. The molecule has 0 unspecified atom stereocenters. The molecule has 0 heterocycles. The van der Waals surface area contributed by atoms with Crippen LogP contribution >= 0.6 is 0 Å². The molecule has 0 bridgehead atoms. The van der Waals surface area contributed by atoms with Crippen LogP contribution in [0.5, 0.6) is 0 Å². The number of hydrogen-bond donors (Lipinski definition) is 0. The zero-order chi connectivity index (χ0) is 7.70. The minimum atomic E-state index is 0.705. The Hall–Kier alpha value is -0.300. The summed E-state index contributed by atoms with van der Waals surface area (Å²) >= 11 is 0. The fourth-order valence-corrected chi connectivity index (χ4v) is 0.276. The first-order valence-corrected chi connectivity index (χ1v) is 3.49. The standard InChI is InChI=1S/C6H12O.C2H6/c1-4-7-5-6(2)3;1-2/h2,4-5H2,1,3H3;1-2H3. The van der Waals surface area contributed by atoms with Crippen LogP contribution in [0.15, 0.2) is 12.2 Å². The fraction of sp³-hybridized carbons (Fsp3) is 0.750. The van der Waals surface area contributed by atoms with E-state index in [0.29, 0.717) is 6.61 Å². The molecule has 0 aromatic carbocycles. The highest BCUT2D eigenvalue weighted by molar-refractivity contribution is 4.87. The Labute approximate surface area is 58.7 Å². The van der Waals surface area contributed by atoms with Crippen LogP contribution in [0.2, 0.25) is 0 Å². The first-order valence-electron chi connectivity index (χ1n) is 3.49. The number of hydrogen-bond acceptors (Lipinski definition) is 1. The molecule has 0 atom stereocenters. The van der Waals surface area contributed by atoms with Crippen molar-refractivity contribution in [3.05, 3.63) is 12.2 Å². The van der Waals surface area contributed by atoms with Crippen LogP contribution < -0.4 is 0 Å². The van der Waals surface area contributed by atoms with Crippen LogP contribution in [-0.4, -0.2) is 13.2 Å². The maximum atomic E-state index is 5.00. The lowest BCUT2D eigenvalue weighted by Crippen LogP contribution is -1.92. The number of ether oxygens (including phenoxy) is 1. The van der Waals surface area contributed by atoms with Gasteiger partial charge in [0.15, 0.2) is 0 Å². The van der Waals surface area contributed by atoms with Crippen molar-refractivity contribution in [1.29, 1.82) is 0 Å². The van der Waals surface area contributed by atoms with Gasteiger partial charge in [-0.2, -0.15) is 0 Å². The van der Waals surface area contributed by atoms with Crippen LogP contribution in [0, 0.1) is 0 Å². The van der Waals surface area contributed by atoms with Crippen molar-refractivity contribution in [1.82, 2.24) is 0 Å². The van der Waals surface area contributed by atoms with Crippen molar-refractivity contribution >= 4 is 0 Å². The lowest BCUT2D eigenvalue weighted by Gasteiger charge is -1.95. The maximum absolute atomic E-state index is 5.00. The van der Waals surface area contributed by atoms with Gasteiger partial charge in [-0.05, 0) is 13.8 Å². The van der Waals surface area contributed by atoms with Gasteiger partial charge < -0.3 is 4.74 Å². The van der Waals surface area contributed by atoms with E-state index in [2.05, 4.69) is 6.58 Å². The third-order valence-electron chi connectivity index (χ3n) is 0.553. The minimum Gasteiger partial charge on any atom is -0.377 e. The largest absolute Gasteiger partial charge is 0.377 e. The third kappa shape index (κ3) is 18.3. The SMILES string of the molecule is C=C(C)COCC.CC. The fourth-order valence-electron chi connectivity index (χ4n) is 0.276. The van der Waals surface area contributed by atoms with E-state index in [1.165, 1.54) is 0 Å². The Morgan fingerprint density at radius 3 is 2.00 bits per heavy atom. The first kappa shape index (κ1) is 11.5. The van der Waals surface area contributed by atoms with Crippen molar-refractivity contribution < 1.29 is 4.74 Å². The summed E-state index contributed by atoms with van der Waals surface area (Å²) in [6, 6.07) is 0. The summed E-state index contributed by atoms with van der Waals surface area (Å²) in [4.78, 5) is 0. The normalized spacial score (nSPS) is 7.56. The highest BCUT2D eigenvalue weighted by atomic mass is 16.5. The predicted octanol–water partition coefficient (Wildman–Crippen LogP) is 2.63. The third-order valence-corrected chi connectivity index (χ3v) is 0.553. The van der Waals surface area contributed by atoms with Crippen LogP contribution in [0.3, 0.4) is 0 Å². The van der Waals surface area contributed by atoms with E-state index in [1.54, 1.807) is 0 Å². The van der Waals surface area contributed by atoms with Gasteiger partial charge in [-0.1, -0.05) is 26.0 Å². The molecular formula is C8H18O. The van der Waals surface area contributed by atoms with Gasteiger partial charge in [0, 0.05) is 6.61 Å². The van der Waals surface area contributed by atoms with Crippen molar-refractivity contribution in [3.63, 3.8) is 0 Å². The molecule has 0 rings (SSSR count). The summed E-state index contributed by atoms with van der Waals surface area (Å²) in [5.41, 5.74) is 1.09. The average molecular weight is 130 g/mol. The van der Waals surface area contributed by atoms with Crippen molar-refractivity contribution in [2.45, 2.75) is 27.7 Å². The Bertz CT molecular complexity index is 57.6. The smallest absolute Gasteiger partial charge is 0.0671 e. The summed E-state index contributed by atoms with van der Waals surface area (Å²) in [5.74, 6) is 0. The molecular weight excluding hydrogens is 112 g/mol. The molecule has 0 radical (unpaired) electrons. The van der Waals surface area contributed by atoms with Crippen molar-refractivity contribution in [2.75, 3.05) is 13.2 Å². The zero-order valence-electron chi connectivity index (χ0n) is 7.03. The van der Waals surface area contributed by atoms with Gasteiger partial charge in [-0.15, -0.1) is 0 Å². The van der Waals surface area contributed by atoms with Gasteiger partial charge in [-0.3, -0.25) is 0 Å². The van der Waals surface area contributed by atoms with Gasteiger partial charge in [0.05, 0.1) is 6.61 Å². The van der Waals surface area contributed by atoms with Crippen molar-refractivity contribution in [3.8, 4) is 0 Å². The molecule has 9 heavy (non-hydrogen) atoms. The summed E-state index contributed by atoms with van der Waals surface area (Å²) in [5, 5.41) is 0. The highest BCUT2D eigenvalue weighted by Gasteiger charge is 1.79. The topological polar surface area (TPSA) is 9.23 Å². The molecule has 0 amide bonds. The molecule has 1 nitrogen and oxygen atoms in total. The van der Waals surface area contributed by atoms with E-state index in [9.17, 15) is 0 Å². The monoisotopic (exact) mass is 130 g/mol. The summed E-state index contributed by atoms with van der Waals surface area (Å²) < 4.78 is 5.00. The average Bonchev–Trinajstić information content (AvgIpc) is 1.88. The molecule has 0 N–H and O–H groups in total. The van der Waals surface area contributed by atoms with Crippen molar-refractivity contribution in [2.24, 2.45) is 0 Å². The van der Waals surface area contributed by atoms with Gasteiger partial charge in [0.25, 0.3) is 0 Å². The predicted molar refractivity (Wildman–Crippen MR) is 42.7 cm³/mol. The summed E-state index contributed by atoms with van der Waals surface area (Å²) in [7, 11) is 0. The van der Waals surface area contributed by atoms with Crippen LogP contribution in [0.1, 0.15) is 27.7 Å². The number of rotatable bonds is 3. The molecule has 0 aromatic rings. The van der Waals surface area contributed by atoms with Gasteiger partial charge in [0.2, 0.25) is 0 Å². The summed E-state index contributed by atoms with van der Waals surface area (Å²) in [6.07, 6.45) is 0. The molecule has 0 fully saturated rings. The second kappa shape index (κ2) is 10.6.